The Morgan fingerprint density at radius 3 is 2.63 bits per heavy atom. The fraction of sp³-hybridized carbons (Fsp3) is 0.269. The molecule has 0 spiro atoms. The molecule has 1 saturated carbocycles. The van der Waals surface area contributed by atoms with Crippen LogP contribution in [0.4, 0.5) is 5.82 Å². The highest BCUT2D eigenvalue weighted by Gasteiger charge is 2.22. The number of nitriles is 1. The van der Waals surface area contributed by atoms with Gasteiger partial charge in [0.25, 0.3) is 5.56 Å². The van der Waals surface area contributed by atoms with E-state index in [0.29, 0.717) is 34.4 Å². The molecule has 0 atom stereocenters. The van der Waals surface area contributed by atoms with Crippen LogP contribution in [0, 0.1) is 11.3 Å². The van der Waals surface area contributed by atoms with E-state index in [2.05, 4.69) is 38.6 Å². The van der Waals surface area contributed by atoms with Crippen molar-refractivity contribution in [2.45, 2.75) is 44.8 Å². The summed E-state index contributed by atoms with van der Waals surface area (Å²) in [6.07, 6.45) is 5.64. The number of hydrogen-bond donors (Lipinski definition) is 2. The number of rotatable bonds is 7. The summed E-state index contributed by atoms with van der Waals surface area (Å²) in [5.74, 6) is 0.584. The summed E-state index contributed by atoms with van der Waals surface area (Å²) in [6.45, 7) is 4.20. The summed E-state index contributed by atoms with van der Waals surface area (Å²) in [6, 6.07) is 15.8. The number of nitrogens with one attached hydrogen (secondary N) is 1. The SMILES string of the molecule is CC(C)(C#N)n1cc(-c2cnc(N)c(-c3cc(-c4ccc(CNC5CC5)cc4)no3)n2)ccc1=O. The summed E-state index contributed by atoms with van der Waals surface area (Å²) >= 11 is 0. The van der Waals surface area contributed by atoms with Crippen molar-refractivity contribution < 1.29 is 4.52 Å². The standard InChI is InChI=1S/C26H25N7O2/c1-26(2,15-27)33-14-18(7-10-23(33)34)21-13-30-25(28)24(31-21)22-11-20(32-35-22)17-5-3-16(4-6-17)12-29-19-8-9-19/h3-7,10-11,13-14,19,29H,8-9,12H2,1-2H3,(H2,28,30). The smallest absolute Gasteiger partial charge is 0.251 e. The number of pyridine rings is 1. The van der Waals surface area contributed by atoms with Crippen LogP contribution in [0.25, 0.3) is 34.0 Å². The molecule has 5 rings (SSSR count). The van der Waals surface area contributed by atoms with E-state index < -0.39 is 5.54 Å². The van der Waals surface area contributed by atoms with Crippen LogP contribution in [0.1, 0.15) is 32.3 Å². The Morgan fingerprint density at radius 1 is 1.17 bits per heavy atom. The maximum absolute atomic E-state index is 12.3. The van der Waals surface area contributed by atoms with E-state index in [1.165, 1.54) is 35.2 Å². The van der Waals surface area contributed by atoms with Crippen LogP contribution in [-0.2, 0) is 12.1 Å². The van der Waals surface area contributed by atoms with E-state index in [1.54, 1.807) is 32.2 Å². The van der Waals surface area contributed by atoms with Gasteiger partial charge in [0.05, 0.1) is 18.0 Å². The van der Waals surface area contributed by atoms with Crippen LogP contribution in [-0.4, -0.2) is 25.7 Å². The molecule has 35 heavy (non-hydrogen) atoms. The van der Waals surface area contributed by atoms with Gasteiger partial charge in [-0.3, -0.25) is 9.36 Å². The normalized spacial score (nSPS) is 13.5. The van der Waals surface area contributed by atoms with Gasteiger partial charge < -0.3 is 15.6 Å². The van der Waals surface area contributed by atoms with Crippen molar-refractivity contribution in [1.29, 1.82) is 5.26 Å². The van der Waals surface area contributed by atoms with Crippen LogP contribution < -0.4 is 16.6 Å². The predicted octanol–water partition coefficient (Wildman–Crippen LogP) is 3.72. The van der Waals surface area contributed by atoms with Gasteiger partial charge in [-0.15, -0.1) is 0 Å². The second-order valence-electron chi connectivity index (χ2n) is 9.21. The molecule has 9 nitrogen and oxygen atoms in total. The average molecular weight is 468 g/mol. The molecular weight excluding hydrogens is 442 g/mol. The van der Waals surface area contributed by atoms with Crippen molar-refractivity contribution in [3.05, 3.63) is 70.8 Å². The first-order chi connectivity index (χ1) is 16.8. The number of benzene rings is 1. The highest BCUT2D eigenvalue weighted by atomic mass is 16.5. The third-order valence-electron chi connectivity index (χ3n) is 6.05. The molecule has 3 heterocycles. The minimum Gasteiger partial charge on any atom is -0.382 e. The topological polar surface area (TPSA) is 136 Å². The van der Waals surface area contributed by atoms with E-state index in [0.717, 1.165) is 12.1 Å². The zero-order valence-corrected chi connectivity index (χ0v) is 19.5. The number of nitrogen functional groups attached to an aromatic ring is 1. The number of aromatic nitrogens is 4. The van der Waals surface area contributed by atoms with Gasteiger partial charge in [-0.1, -0.05) is 29.4 Å². The Bertz CT molecular complexity index is 1470. The molecule has 1 aliphatic rings. The summed E-state index contributed by atoms with van der Waals surface area (Å²) in [5.41, 5.74) is 9.08. The molecule has 0 radical (unpaired) electrons. The van der Waals surface area contributed by atoms with E-state index in [-0.39, 0.29) is 11.4 Å². The van der Waals surface area contributed by atoms with Crippen LogP contribution in [0.15, 0.2) is 64.2 Å². The van der Waals surface area contributed by atoms with Crippen LogP contribution in [0.3, 0.4) is 0 Å². The maximum Gasteiger partial charge on any atom is 0.251 e. The number of nitrogens with zero attached hydrogens (tertiary/aromatic N) is 5. The maximum atomic E-state index is 12.3. The number of hydrogen-bond acceptors (Lipinski definition) is 8. The van der Waals surface area contributed by atoms with E-state index >= 15 is 0 Å². The van der Waals surface area contributed by atoms with Crippen molar-refractivity contribution in [2.75, 3.05) is 5.73 Å². The lowest BCUT2D eigenvalue weighted by Gasteiger charge is -2.19. The molecule has 0 bridgehead atoms. The zero-order valence-electron chi connectivity index (χ0n) is 19.5. The molecule has 1 aliphatic carbocycles. The summed E-state index contributed by atoms with van der Waals surface area (Å²) in [7, 11) is 0. The largest absolute Gasteiger partial charge is 0.382 e. The second-order valence-corrected chi connectivity index (χ2v) is 9.21. The Kier molecular flexibility index (Phi) is 5.67. The number of anilines is 1. The van der Waals surface area contributed by atoms with Crippen LogP contribution >= 0.6 is 0 Å². The molecule has 0 unspecified atom stereocenters. The first-order valence-corrected chi connectivity index (χ1v) is 11.4. The molecule has 0 amide bonds. The highest BCUT2D eigenvalue weighted by molar-refractivity contribution is 5.72. The Morgan fingerprint density at radius 2 is 1.91 bits per heavy atom. The highest BCUT2D eigenvalue weighted by Crippen LogP contribution is 2.30. The Labute approximate surface area is 202 Å². The van der Waals surface area contributed by atoms with Crippen LogP contribution in [0.5, 0.6) is 0 Å². The number of nitrogens with two attached hydrogens (primary N) is 1. The van der Waals surface area contributed by atoms with Crippen molar-refractivity contribution in [1.82, 2.24) is 25.0 Å². The van der Waals surface area contributed by atoms with Gasteiger partial charge in [0.15, 0.2) is 17.3 Å². The Hall–Kier alpha value is -4.29. The van der Waals surface area contributed by atoms with Gasteiger partial charge in [0, 0.05) is 42.0 Å². The van der Waals surface area contributed by atoms with Gasteiger partial charge in [-0.05, 0) is 38.3 Å². The molecule has 4 aromatic rings. The molecular formula is C26H25N7O2. The van der Waals surface area contributed by atoms with Gasteiger partial charge in [0.2, 0.25) is 0 Å². The predicted molar refractivity (Wildman–Crippen MR) is 132 cm³/mol. The summed E-state index contributed by atoms with van der Waals surface area (Å²) < 4.78 is 6.94. The molecule has 3 N–H and O–H groups in total. The minimum absolute atomic E-state index is 0.198. The molecule has 0 saturated heterocycles. The van der Waals surface area contributed by atoms with Gasteiger partial charge in [-0.2, -0.15) is 5.26 Å². The molecule has 9 heteroatoms. The van der Waals surface area contributed by atoms with Crippen molar-refractivity contribution in [3.8, 4) is 40.0 Å². The van der Waals surface area contributed by atoms with E-state index in [9.17, 15) is 10.1 Å². The summed E-state index contributed by atoms with van der Waals surface area (Å²) in [5, 5.41) is 17.1. The van der Waals surface area contributed by atoms with E-state index in [4.69, 9.17) is 10.3 Å². The van der Waals surface area contributed by atoms with Crippen molar-refractivity contribution >= 4 is 5.82 Å². The first-order valence-electron chi connectivity index (χ1n) is 11.4. The molecule has 1 fully saturated rings. The minimum atomic E-state index is -1.01. The van der Waals surface area contributed by atoms with Gasteiger partial charge >= 0.3 is 0 Å². The van der Waals surface area contributed by atoms with Crippen molar-refractivity contribution in [3.63, 3.8) is 0 Å². The third-order valence-corrected chi connectivity index (χ3v) is 6.05. The lowest BCUT2D eigenvalue weighted by molar-refractivity contribution is 0.433. The molecule has 1 aromatic carbocycles. The Balaban J connectivity index is 1.43. The van der Waals surface area contributed by atoms with Crippen molar-refractivity contribution in [2.24, 2.45) is 0 Å². The molecule has 3 aromatic heterocycles. The lowest BCUT2D eigenvalue weighted by Crippen LogP contribution is -2.34. The fourth-order valence-corrected chi connectivity index (χ4v) is 3.71. The average Bonchev–Trinajstić information content (AvgIpc) is 3.57. The second kappa shape index (κ2) is 8.81. The quantitative estimate of drug-likeness (QED) is 0.420. The van der Waals surface area contributed by atoms with Gasteiger partial charge in [-0.25, -0.2) is 9.97 Å². The first kappa shape index (κ1) is 22.5. The zero-order chi connectivity index (χ0) is 24.6. The third kappa shape index (κ3) is 4.69. The summed E-state index contributed by atoms with van der Waals surface area (Å²) in [4.78, 5) is 21.2. The van der Waals surface area contributed by atoms with Crippen LogP contribution in [0.2, 0.25) is 0 Å². The monoisotopic (exact) mass is 467 g/mol. The van der Waals surface area contributed by atoms with Gasteiger partial charge in [0.1, 0.15) is 11.2 Å². The fourth-order valence-electron chi connectivity index (χ4n) is 3.71. The molecule has 0 aliphatic heterocycles. The lowest BCUT2D eigenvalue weighted by atomic mass is 10.1. The van der Waals surface area contributed by atoms with E-state index in [1.807, 2.05) is 12.1 Å². The molecule has 176 valence electrons.